The molecule has 2 aliphatic heterocycles. The second-order valence-electron chi connectivity index (χ2n) is 7.68. The van der Waals surface area contributed by atoms with Crippen molar-refractivity contribution in [3.8, 4) is 0 Å². The number of carbonyl (C=O) groups excluding carboxylic acids is 3. The van der Waals surface area contributed by atoms with Gasteiger partial charge in [0.1, 0.15) is 0 Å². The van der Waals surface area contributed by atoms with E-state index in [0.717, 1.165) is 49.9 Å². The first-order chi connectivity index (χ1) is 13.5. The molecule has 1 fully saturated rings. The van der Waals surface area contributed by atoms with E-state index in [2.05, 4.69) is 0 Å². The molecule has 0 radical (unpaired) electrons. The molecule has 2 aromatic rings. The van der Waals surface area contributed by atoms with E-state index in [9.17, 15) is 14.4 Å². The SMILES string of the molecule is Cc1ccc(N2C(=O)c3ccc(C(=O)N4CCCCCC4)cc3C2=O)cc1C. The molecule has 0 saturated carbocycles. The van der Waals surface area contributed by atoms with Gasteiger partial charge in [-0.2, -0.15) is 0 Å². The van der Waals surface area contributed by atoms with Crippen LogP contribution in [0.1, 0.15) is 67.9 Å². The normalized spacial score (nSPS) is 16.9. The number of anilines is 1. The third-order valence-electron chi connectivity index (χ3n) is 5.78. The van der Waals surface area contributed by atoms with Gasteiger partial charge in [-0.3, -0.25) is 14.4 Å². The van der Waals surface area contributed by atoms with Crippen LogP contribution in [0.3, 0.4) is 0 Å². The summed E-state index contributed by atoms with van der Waals surface area (Å²) < 4.78 is 0. The number of likely N-dealkylation sites (tertiary alicyclic amines) is 1. The Morgan fingerprint density at radius 1 is 0.786 bits per heavy atom. The smallest absolute Gasteiger partial charge is 0.266 e. The van der Waals surface area contributed by atoms with E-state index in [-0.39, 0.29) is 17.7 Å². The highest BCUT2D eigenvalue weighted by Gasteiger charge is 2.37. The van der Waals surface area contributed by atoms with Crippen molar-refractivity contribution in [3.05, 3.63) is 64.2 Å². The third-order valence-corrected chi connectivity index (χ3v) is 5.78. The van der Waals surface area contributed by atoms with Crippen LogP contribution in [0.15, 0.2) is 36.4 Å². The molecule has 1 saturated heterocycles. The fourth-order valence-electron chi connectivity index (χ4n) is 3.93. The summed E-state index contributed by atoms with van der Waals surface area (Å²) in [5.41, 5.74) is 3.83. The number of fused-ring (bicyclic) bond motifs is 1. The summed E-state index contributed by atoms with van der Waals surface area (Å²) in [7, 11) is 0. The molecule has 2 heterocycles. The Bertz CT molecular complexity index is 972. The van der Waals surface area contributed by atoms with Crippen molar-refractivity contribution in [2.24, 2.45) is 0 Å². The molecule has 5 nitrogen and oxygen atoms in total. The summed E-state index contributed by atoms with van der Waals surface area (Å²) in [6.07, 6.45) is 4.31. The van der Waals surface area contributed by atoms with E-state index in [4.69, 9.17) is 0 Å². The predicted octanol–water partition coefficient (Wildman–Crippen LogP) is 4.12. The second-order valence-corrected chi connectivity index (χ2v) is 7.68. The molecule has 0 atom stereocenters. The van der Waals surface area contributed by atoms with Gasteiger partial charge in [-0.1, -0.05) is 18.9 Å². The zero-order valence-electron chi connectivity index (χ0n) is 16.3. The minimum Gasteiger partial charge on any atom is -0.339 e. The van der Waals surface area contributed by atoms with Gasteiger partial charge >= 0.3 is 0 Å². The minimum atomic E-state index is -0.367. The topological polar surface area (TPSA) is 57.7 Å². The van der Waals surface area contributed by atoms with E-state index in [1.54, 1.807) is 24.3 Å². The van der Waals surface area contributed by atoms with E-state index in [1.165, 1.54) is 4.90 Å². The summed E-state index contributed by atoms with van der Waals surface area (Å²) in [5.74, 6) is -0.764. The standard InChI is InChI=1S/C23H24N2O3/c1-15-7-9-18(13-16(15)2)25-22(27)19-10-8-17(14-20(19)23(25)28)21(26)24-11-5-3-4-6-12-24/h7-10,13-14H,3-6,11-12H2,1-2H3. The molecule has 4 rings (SSSR count). The maximum absolute atomic E-state index is 13.0. The first-order valence-electron chi connectivity index (χ1n) is 9.87. The average Bonchev–Trinajstić information content (AvgIpc) is 2.88. The molecule has 0 spiro atoms. The Morgan fingerprint density at radius 3 is 2.14 bits per heavy atom. The predicted molar refractivity (Wildman–Crippen MR) is 108 cm³/mol. The molecule has 0 N–H and O–H groups in total. The summed E-state index contributed by atoms with van der Waals surface area (Å²) >= 11 is 0. The highest BCUT2D eigenvalue weighted by atomic mass is 16.2. The lowest BCUT2D eigenvalue weighted by Crippen LogP contribution is -2.32. The van der Waals surface area contributed by atoms with E-state index in [1.807, 2.05) is 30.9 Å². The van der Waals surface area contributed by atoms with Crippen LogP contribution in [0.25, 0.3) is 0 Å². The molecule has 3 amide bonds. The van der Waals surface area contributed by atoms with Gasteiger partial charge in [0.15, 0.2) is 0 Å². The highest BCUT2D eigenvalue weighted by molar-refractivity contribution is 6.34. The molecule has 5 heteroatoms. The summed E-state index contributed by atoms with van der Waals surface area (Å²) in [6.45, 7) is 5.44. The van der Waals surface area contributed by atoms with Crippen molar-refractivity contribution in [1.29, 1.82) is 0 Å². The van der Waals surface area contributed by atoms with E-state index >= 15 is 0 Å². The van der Waals surface area contributed by atoms with Gasteiger partial charge in [0.25, 0.3) is 17.7 Å². The van der Waals surface area contributed by atoms with Crippen LogP contribution >= 0.6 is 0 Å². The maximum Gasteiger partial charge on any atom is 0.266 e. The molecule has 0 aliphatic carbocycles. The monoisotopic (exact) mass is 376 g/mol. The Hall–Kier alpha value is -2.95. The molecule has 0 aromatic heterocycles. The summed E-state index contributed by atoms with van der Waals surface area (Å²) in [5, 5.41) is 0. The Morgan fingerprint density at radius 2 is 1.46 bits per heavy atom. The first-order valence-corrected chi connectivity index (χ1v) is 9.87. The Balaban J connectivity index is 1.65. The van der Waals surface area contributed by atoms with Gasteiger partial charge in [0.05, 0.1) is 16.8 Å². The van der Waals surface area contributed by atoms with Gasteiger partial charge in [-0.05, 0) is 68.1 Å². The quantitative estimate of drug-likeness (QED) is 0.741. The fraction of sp³-hybridized carbons (Fsp3) is 0.348. The molecule has 2 aromatic carbocycles. The van der Waals surface area contributed by atoms with Gasteiger partial charge in [-0.25, -0.2) is 4.90 Å². The molecular formula is C23H24N2O3. The van der Waals surface area contributed by atoms with Gasteiger partial charge < -0.3 is 4.90 Å². The number of benzene rings is 2. The van der Waals surface area contributed by atoms with Crippen molar-refractivity contribution in [3.63, 3.8) is 0 Å². The average molecular weight is 376 g/mol. The van der Waals surface area contributed by atoms with Crippen LogP contribution in [0, 0.1) is 13.8 Å². The number of imide groups is 1. The van der Waals surface area contributed by atoms with Gasteiger partial charge in [0.2, 0.25) is 0 Å². The molecule has 28 heavy (non-hydrogen) atoms. The number of hydrogen-bond donors (Lipinski definition) is 0. The lowest BCUT2D eigenvalue weighted by Gasteiger charge is -2.20. The number of nitrogens with zero attached hydrogens (tertiary/aromatic N) is 2. The molecule has 0 unspecified atom stereocenters. The van der Waals surface area contributed by atoms with Crippen LogP contribution in [0.5, 0.6) is 0 Å². The van der Waals surface area contributed by atoms with E-state index in [0.29, 0.717) is 22.4 Å². The largest absolute Gasteiger partial charge is 0.339 e. The fourth-order valence-corrected chi connectivity index (χ4v) is 3.93. The molecule has 2 aliphatic rings. The second kappa shape index (κ2) is 7.23. The minimum absolute atomic E-state index is 0.0606. The summed E-state index contributed by atoms with van der Waals surface area (Å²) in [6, 6.07) is 10.4. The third kappa shape index (κ3) is 3.11. The number of carbonyl (C=O) groups is 3. The van der Waals surface area contributed by atoms with Crippen LogP contribution in [0.2, 0.25) is 0 Å². The van der Waals surface area contributed by atoms with Crippen LogP contribution in [0.4, 0.5) is 5.69 Å². The lowest BCUT2D eigenvalue weighted by molar-refractivity contribution is 0.0761. The highest BCUT2D eigenvalue weighted by Crippen LogP contribution is 2.30. The van der Waals surface area contributed by atoms with Gasteiger partial charge in [0, 0.05) is 18.7 Å². The number of rotatable bonds is 2. The number of hydrogen-bond acceptors (Lipinski definition) is 3. The molecule has 144 valence electrons. The molecular weight excluding hydrogens is 352 g/mol. The Labute approximate surface area is 164 Å². The zero-order chi connectivity index (χ0) is 19.8. The zero-order valence-corrected chi connectivity index (χ0v) is 16.3. The van der Waals surface area contributed by atoms with E-state index < -0.39 is 0 Å². The van der Waals surface area contributed by atoms with Gasteiger partial charge in [-0.15, -0.1) is 0 Å². The maximum atomic E-state index is 13.0. The number of amides is 3. The van der Waals surface area contributed by atoms with Crippen LogP contribution < -0.4 is 4.90 Å². The first kappa shape index (κ1) is 18.4. The molecule has 0 bridgehead atoms. The van der Waals surface area contributed by atoms with Crippen LogP contribution in [-0.2, 0) is 0 Å². The van der Waals surface area contributed by atoms with Crippen LogP contribution in [-0.4, -0.2) is 35.7 Å². The lowest BCUT2D eigenvalue weighted by atomic mass is 10.0. The van der Waals surface area contributed by atoms with Crippen molar-refractivity contribution < 1.29 is 14.4 Å². The van der Waals surface area contributed by atoms with Crippen molar-refractivity contribution in [2.45, 2.75) is 39.5 Å². The number of aryl methyl sites for hydroxylation is 2. The Kier molecular flexibility index (Phi) is 4.75. The summed E-state index contributed by atoms with van der Waals surface area (Å²) in [4.78, 5) is 41.8. The van der Waals surface area contributed by atoms with Crippen molar-refractivity contribution in [2.75, 3.05) is 18.0 Å². The van der Waals surface area contributed by atoms with Crippen molar-refractivity contribution in [1.82, 2.24) is 4.90 Å². The van der Waals surface area contributed by atoms with Crippen molar-refractivity contribution >= 4 is 23.4 Å².